The zero-order valence-electron chi connectivity index (χ0n) is 15.2. The molecule has 134 valence electrons. The average Bonchev–Trinajstić information content (AvgIpc) is 2.59. The van der Waals surface area contributed by atoms with E-state index in [1.54, 1.807) is 7.11 Å². The third kappa shape index (κ3) is 5.21. The zero-order valence-corrected chi connectivity index (χ0v) is 15.2. The van der Waals surface area contributed by atoms with Crippen LogP contribution in [0.4, 0.5) is 0 Å². The van der Waals surface area contributed by atoms with Gasteiger partial charge in [-0.05, 0) is 42.9 Å². The van der Waals surface area contributed by atoms with Gasteiger partial charge < -0.3 is 20.1 Å². The lowest BCUT2D eigenvalue weighted by atomic mass is 10.00. The highest BCUT2D eigenvalue weighted by atomic mass is 16.5. The van der Waals surface area contributed by atoms with E-state index in [4.69, 9.17) is 9.47 Å². The predicted molar refractivity (Wildman–Crippen MR) is 95.2 cm³/mol. The largest absolute Gasteiger partial charge is 0.496 e. The second-order valence-corrected chi connectivity index (χ2v) is 6.80. The van der Waals surface area contributed by atoms with E-state index in [1.165, 1.54) is 0 Å². The van der Waals surface area contributed by atoms with Crippen LogP contribution in [0.3, 0.4) is 0 Å². The van der Waals surface area contributed by atoms with Crippen LogP contribution < -0.4 is 15.4 Å². The molecule has 0 aliphatic carbocycles. The number of amides is 1. The molecule has 1 aromatic rings. The van der Waals surface area contributed by atoms with Gasteiger partial charge in [-0.25, -0.2) is 0 Å². The molecule has 0 bridgehead atoms. The smallest absolute Gasteiger partial charge is 0.237 e. The molecule has 0 aromatic heterocycles. The molecule has 0 radical (unpaired) electrons. The summed E-state index contributed by atoms with van der Waals surface area (Å²) >= 11 is 0. The number of ether oxygens (including phenoxy) is 2. The molecule has 0 unspecified atom stereocenters. The Balaban J connectivity index is 1.92. The van der Waals surface area contributed by atoms with Gasteiger partial charge in [0.15, 0.2) is 0 Å². The van der Waals surface area contributed by atoms with E-state index < -0.39 is 0 Å². The summed E-state index contributed by atoms with van der Waals surface area (Å²) < 4.78 is 10.7. The van der Waals surface area contributed by atoms with Gasteiger partial charge in [0.2, 0.25) is 5.91 Å². The Morgan fingerprint density at radius 2 is 2.04 bits per heavy atom. The summed E-state index contributed by atoms with van der Waals surface area (Å²) in [6.45, 7) is 8.21. The molecule has 1 amide bonds. The summed E-state index contributed by atoms with van der Waals surface area (Å²) in [5, 5.41) is 6.56. The normalized spacial score (nSPS) is 16.9. The number of methoxy groups -OCH3 is 1. The van der Waals surface area contributed by atoms with Gasteiger partial charge in [-0.2, -0.15) is 0 Å². The molecule has 1 aromatic carbocycles. The summed E-state index contributed by atoms with van der Waals surface area (Å²) in [7, 11) is 1.66. The molecule has 1 aliphatic rings. The van der Waals surface area contributed by atoms with Gasteiger partial charge in [-0.3, -0.25) is 4.79 Å². The number of benzene rings is 1. The highest BCUT2D eigenvalue weighted by Gasteiger charge is 2.26. The molecule has 5 nitrogen and oxygen atoms in total. The quantitative estimate of drug-likeness (QED) is 0.804. The molecular formula is C19H30N2O3. The fourth-order valence-corrected chi connectivity index (χ4v) is 2.96. The SMILES string of the molecule is COc1cc(CNC(=O)[C@H](NC2CCOCC2)C(C)C)ccc1C. The van der Waals surface area contributed by atoms with E-state index in [9.17, 15) is 4.79 Å². The van der Waals surface area contributed by atoms with Crippen LogP contribution >= 0.6 is 0 Å². The first-order valence-electron chi connectivity index (χ1n) is 8.76. The van der Waals surface area contributed by atoms with E-state index in [1.807, 2.05) is 25.1 Å². The number of aryl methyl sites for hydroxylation is 1. The van der Waals surface area contributed by atoms with Crippen molar-refractivity contribution in [3.05, 3.63) is 29.3 Å². The lowest BCUT2D eigenvalue weighted by Gasteiger charge is -2.30. The molecular weight excluding hydrogens is 304 g/mol. The van der Waals surface area contributed by atoms with Crippen molar-refractivity contribution in [3.63, 3.8) is 0 Å². The fourth-order valence-electron chi connectivity index (χ4n) is 2.96. The van der Waals surface area contributed by atoms with E-state index in [0.29, 0.717) is 12.6 Å². The molecule has 2 rings (SSSR count). The highest BCUT2D eigenvalue weighted by molar-refractivity contribution is 5.82. The molecule has 0 saturated carbocycles. The van der Waals surface area contributed by atoms with Crippen molar-refractivity contribution in [1.29, 1.82) is 0 Å². The standard InChI is InChI=1S/C19H30N2O3/c1-13(2)18(21-16-7-9-24-10-8-16)19(22)20-12-15-6-5-14(3)17(11-15)23-4/h5-6,11,13,16,18,21H,7-10,12H2,1-4H3,(H,20,22)/t18-/m1/s1. The van der Waals surface area contributed by atoms with Crippen molar-refractivity contribution < 1.29 is 14.3 Å². The molecule has 0 spiro atoms. The summed E-state index contributed by atoms with van der Waals surface area (Å²) in [5.41, 5.74) is 2.13. The Hall–Kier alpha value is -1.59. The topological polar surface area (TPSA) is 59.6 Å². The molecule has 2 N–H and O–H groups in total. The van der Waals surface area contributed by atoms with Crippen molar-refractivity contribution in [2.45, 2.75) is 52.2 Å². The first kappa shape index (κ1) is 18.7. The molecule has 5 heteroatoms. The van der Waals surface area contributed by atoms with E-state index >= 15 is 0 Å². The maximum absolute atomic E-state index is 12.6. The minimum Gasteiger partial charge on any atom is -0.496 e. The van der Waals surface area contributed by atoms with E-state index in [2.05, 4.69) is 24.5 Å². The molecule has 1 aliphatic heterocycles. The Kier molecular flexibility index (Phi) is 7.06. The lowest BCUT2D eigenvalue weighted by Crippen LogP contribution is -2.52. The van der Waals surface area contributed by atoms with E-state index in [-0.39, 0.29) is 17.9 Å². The van der Waals surface area contributed by atoms with Crippen LogP contribution in [0.25, 0.3) is 0 Å². The molecule has 1 fully saturated rings. The molecule has 1 atom stereocenters. The van der Waals surface area contributed by atoms with Crippen LogP contribution in [0.1, 0.15) is 37.8 Å². The minimum atomic E-state index is -0.180. The number of carbonyl (C=O) groups is 1. The number of carbonyl (C=O) groups excluding carboxylic acids is 1. The monoisotopic (exact) mass is 334 g/mol. The van der Waals surface area contributed by atoms with Crippen LogP contribution in [-0.2, 0) is 16.1 Å². The molecule has 1 heterocycles. The highest BCUT2D eigenvalue weighted by Crippen LogP contribution is 2.19. The van der Waals surface area contributed by atoms with Gasteiger partial charge >= 0.3 is 0 Å². The Morgan fingerprint density at radius 1 is 1.33 bits per heavy atom. The van der Waals surface area contributed by atoms with E-state index in [0.717, 1.165) is 42.9 Å². The maximum Gasteiger partial charge on any atom is 0.237 e. The van der Waals surface area contributed by atoms with Crippen LogP contribution in [-0.4, -0.2) is 38.3 Å². The fraction of sp³-hybridized carbons (Fsp3) is 0.632. The van der Waals surface area contributed by atoms with Crippen molar-refractivity contribution in [3.8, 4) is 5.75 Å². The van der Waals surface area contributed by atoms with Crippen molar-refractivity contribution >= 4 is 5.91 Å². The Labute approximate surface area is 145 Å². The Morgan fingerprint density at radius 3 is 2.67 bits per heavy atom. The second kappa shape index (κ2) is 9.04. The summed E-state index contributed by atoms with van der Waals surface area (Å²) in [5.74, 6) is 1.14. The molecule has 24 heavy (non-hydrogen) atoms. The van der Waals surface area contributed by atoms with Crippen LogP contribution in [0, 0.1) is 12.8 Å². The van der Waals surface area contributed by atoms with Crippen LogP contribution in [0.2, 0.25) is 0 Å². The number of hydrogen-bond acceptors (Lipinski definition) is 4. The molecule has 1 saturated heterocycles. The van der Waals surface area contributed by atoms with Gasteiger partial charge in [-0.1, -0.05) is 26.0 Å². The van der Waals surface area contributed by atoms with Gasteiger partial charge in [-0.15, -0.1) is 0 Å². The van der Waals surface area contributed by atoms with Gasteiger partial charge in [0.25, 0.3) is 0 Å². The third-order valence-corrected chi connectivity index (χ3v) is 4.52. The summed E-state index contributed by atoms with van der Waals surface area (Å²) in [6.07, 6.45) is 1.93. The van der Waals surface area contributed by atoms with Crippen LogP contribution in [0.5, 0.6) is 5.75 Å². The summed E-state index contributed by atoms with van der Waals surface area (Å²) in [4.78, 5) is 12.6. The van der Waals surface area contributed by atoms with Crippen molar-refractivity contribution in [2.24, 2.45) is 5.92 Å². The summed E-state index contributed by atoms with van der Waals surface area (Å²) in [6, 6.07) is 6.19. The van der Waals surface area contributed by atoms with Gasteiger partial charge in [0.1, 0.15) is 5.75 Å². The van der Waals surface area contributed by atoms with Crippen molar-refractivity contribution in [2.75, 3.05) is 20.3 Å². The lowest BCUT2D eigenvalue weighted by molar-refractivity contribution is -0.124. The first-order valence-corrected chi connectivity index (χ1v) is 8.76. The Bertz CT molecular complexity index is 539. The third-order valence-electron chi connectivity index (χ3n) is 4.52. The van der Waals surface area contributed by atoms with Crippen molar-refractivity contribution in [1.82, 2.24) is 10.6 Å². The average molecular weight is 334 g/mol. The number of hydrogen-bond donors (Lipinski definition) is 2. The van der Waals surface area contributed by atoms with Gasteiger partial charge in [0.05, 0.1) is 13.2 Å². The predicted octanol–water partition coefficient (Wildman–Crippen LogP) is 2.41. The zero-order chi connectivity index (χ0) is 17.5. The minimum absolute atomic E-state index is 0.0519. The second-order valence-electron chi connectivity index (χ2n) is 6.80. The number of nitrogens with one attached hydrogen (secondary N) is 2. The number of rotatable bonds is 7. The first-order chi connectivity index (χ1) is 11.5. The van der Waals surface area contributed by atoms with Crippen LogP contribution in [0.15, 0.2) is 18.2 Å². The van der Waals surface area contributed by atoms with Gasteiger partial charge in [0, 0.05) is 25.8 Å². The maximum atomic E-state index is 12.6.